The summed E-state index contributed by atoms with van der Waals surface area (Å²) in [6, 6.07) is 0. The van der Waals surface area contributed by atoms with Gasteiger partial charge in [-0.1, -0.05) is 12.2 Å². The second kappa shape index (κ2) is 3.61. The van der Waals surface area contributed by atoms with Crippen molar-refractivity contribution in [2.75, 3.05) is 0 Å². The molecule has 0 fully saturated rings. The van der Waals surface area contributed by atoms with Crippen LogP contribution in [0.25, 0.3) is 0 Å². The molecule has 3 N–H and O–H groups in total. The number of nitrogens with two attached hydrogens (primary N) is 1. The highest BCUT2D eigenvalue weighted by molar-refractivity contribution is 5.14. The summed E-state index contributed by atoms with van der Waals surface area (Å²) in [6.07, 6.45) is 8.58. The van der Waals surface area contributed by atoms with Gasteiger partial charge < -0.3 is 10.7 Å². The predicted octanol–water partition coefficient (Wildman–Crippen LogP) is 1.15. The van der Waals surface area contributed by atoms with E-state index in [1.165, 1.54) is 6.20 Å². The highest BCUT2D eigenvalue weighted by Crippen LogP contribution is 2.12. The van der Waals surface area contributed by atoms with Crippen molar-refractivity contribution < 1.29 is 0 Å². The Bertz CT molecular complexity index is 236. The maximum absolute atomic E-state index is 5.24. The third kappa shape index (κ3) is 1.70. The van der Waals surface area contributed by atoms with E-state index in [1.807, 2.05) is 6.08 Å². The Morgan fingerprint density at radius 3 is 3.00 bits per heavy atom. The number of aromatic nitrogens is 2. The largest absolute Gasteiger partial charge is 0.405 e. The first-order chi connectivity index (χ1) is 5.38. The van der Waals surface area contributed by atoms with Gasteiger partial charge in [-0.25, -0.2) is 4.98 Å². The van der Waals surface area contributed by atoms with Gasteiger partial charge in [0.15, 0.2) is 0 Å². The summed E-state index contributed by atoms with van der Waals surface area (Å²) < 4.78 is 0. The third-order valence-corrected chi connectivity index (χ3v) is 1.41. The van der Waals surface area contributed by atoms with Gasteiger partial charge in [-0.05, 0) is 6.20 Å². The minimum absolute atomic E-state index is 0.0926. The van der Waals surface area contributed by atoms with Gasteiger partial charge in [0, 0.05) is 12.4 Å². The smallest absolute Gasteiger partial charge is 0.116 e. The molecule has 3 nitrogen and oxygen atoms in total. The van der Waals surface area contributed by atoms with Crippen LogP contribution in [0, 0.1) is 0 Å². The van der Waals surface area contributed by atoms with E-state index in [-0.39, 0.29) is 5.92 Å². The van der Waals surface area contributed by atoms with Gasteiger partial charge in [0.2, 0.25) is 0 Å². The normalized spacial score (nSPS) is 13.5. The molecule has 0 radical (unpaired) electrons. The van der Waals surface area contributed by atoms with Crippen LogP contribution in [-0.2, 0) is 0 Å². The second-order valence-corrected chi connectivity index (χ2v) is 2.12. The first-order valence-electron chi connectivity index (χ1n) is 3.38. The van der Waals surface area contributed by atoms with Crippen LogP contribution < -0.4 is 5.73 Å². The Kier molecular flexibility index (Phi) is 2.49. The monoisotopic (exact) mass is 149 g/mol. The van der Waals surface area contributed by atoms with Gasteiger partial charge in [-0.3, -0.25) is 0 Å². The van der Waals surface area contributed by atoms with Crippen molar-refractivity contribution in [3.63, 3.8) is 0 Å². The molecular weight excluding hydrogens is 138 g/mol. The molecule has 0 saturated carbocycles. The first-order valence-corrected chi connectivity index (χ1v) is 3.38. The van der Waals surface area contributed by atoms with Crippen LogP contribution in [0.3, 0.4) is 0 Å². The minimum atomic E-state index is 0.0926. The van der Waals surface area contributed by atoms with Crippen molar-refractivity contribution in [1.82, 2.24) is 9.97 Å². The SMILES string of the molecule is C=CC(C=CN)c1ncc[nH]1. The average Bonchev–Trinajstić information content (AvgIpc) is 2.52. The summed E-state index contributed by atoms with van der Waals surface area (Å²) in [4.78, 5) is 7.06. The topological polar surface area (TPSA) is 54.7 Å². The number of imidazole rings is 1. The van der Waals surface area contributed by atoms with Crippen molar-refractivity contribution in [3.8, 4) is 0 Å². The minimum Gasteiger partial charge on any atom is -0.405 e. The molecular formula is C8H11N3. The highest BCUT2D eigenvalue weighted by atomic mass is 14.9. The highest BCUT2D eigenvalue weighted by Gasteiger charge is 2.03. The lowest BCUT2D eigenvalue weighted by Gasteiger charge is -2.00. The molecule has 1 aromatic heterocycles. The van der Waals surface area contributed by atoms with E-state index >= 15 is 0 Å². The maximum Gasteiger partial charge on any atom is 0.116 e. The van der Waals surface area contributed by atoms with Gasteiger partial charge in [-0.2, -0.15) is 0 Å². The molecule has 0 amide bonds. The number of aromatic amines is 1. The van der Waals surface area contributed by atoms with Crippen LogP contribution in [0.15, 0.2) is 37.3 Å². The lowest BCUT2D eigenvalue weighted by atomic mass is 10.1. The fraction of sp³-hybridized carbons (Fsp3) is 0.125. The molecule has 0 aliphatic carbocycles. The van der Waals surface area contributed by atoms with Crippen molar-refractivity contribution in [2.24, 2.45) is 5.73 Å². The van der Waals surface area contributed by atoms with Gasteiger partial charge in [0.25, 0.3) is 0 Å². The predicted molar refractivity (Wildman–Crippen MR) is 44.9 cm³/mol. The third-order valence-electron chi connectivity index (χ3n) is 1.41. The quantitative estimate of drug-likeness (QED) is 0.633. The number of allylic oxidation sites excluding steroid dienone is 2. The number of hydrogen-bond donors (Lipinski definition) is 2. The van der Waals surface area contributed by atoms with E-state index < -0.39 is 0 Å². The fourth-order valence-corrected chi connectivity index (χ4v) is 0.861. The molecule has 0 aliphatic heterocycles. The van der Waals surface area contributed by atoms with E-state index in [4.69, 9.17) is 5.73 Å². The molecule has 1 heterocycles. The first kappa shape index (κ1) is 7.60. The Morgan fingerprint density at radius 1 is 1.73 bits per heavy atom. The summed E-state index contributed by atoms with van der Waals surface area (Å²) in [6.45, 7) is 3.67. The van der Waals surface area contributed by atoms with Crippen LogP contribution in [0.5, 0.6) is 0 Å². The molecule has 1 rings (SSSR count). The summed E-state index contributed by atoms with van der Waals surface area (Å²) >= 11 is 0. The van der Waals surface area contributed by atoms with Crippen LogP contribution in [0.2, 0.25) is 0 Å². The summed E-state index contributed by atoms with van der Waals surface area (Å²) in [5.41, 5.74) is 5.24. The molecule has 58 valence electrons. The van der Waals surface area contributed by atoms with E-state index in [2.05, 4.69) is 16.5 Å². The standard InChI is InChI=1S/C8H11N3/c1-2-7(3-4-9)8-10-5-6-11-8/h2-7H,1,9H2,(H,10,11). The average molecular weight is 149 g/mol. The number of hydrogen-bond acceptors (Lipinski definition) is 2. The van der Waals surface area contributed by atoms with E-state index in [0.717, 1.165) is 5.82 Å². The molecule has 1 unspecified atom stereocenters. The molecule has 0 saturated heterocycles. The van der Waals surface area contributed by atoms with E-state index in [1.54, 1.807) is 18.5 Å². The lowest BCUT2D eigenvalue weighted by molar-refractivity contribution is 0.948. The number of nitrogens with zero attached hydrogens (tertiary/aromatic N) is 1. The Hall–Kier alpha value is -1.51. The second-order valence-electron chi connectivity index (χ2n) is 2.12. The molecule has 0 bridgehead atoms. The zero-order valence-corrected chi connectivity index (χ0v) is 6.20. The zero-order chi connectivity index (χ0) is 8.10. The summed E-state index contributed by atoms with van der Waals surface area (Å²) in [5.74, 6) is 0.955. The van der Waals surface area contributed by atoms with Crippen LogP contribution >= 0.6 is 0 Å². The van der Waals surface area contributed by atoms with Crippen molar-refractivity contribution >= 4 is 0 Å². The van der Waals surface area contributed by atoms with Gasteiger partial charge >= 0.3 is 0 Å². The molecule has 3 heteroatoms. The maximum atomic E-state index is 5.24. The van der Waals surface area contributed by atoms with Crippen molar-refractivity contribution in [3.05, 3.63) is 43.1 Å². The molecule has 1 aromatic rings. The molecule has 0 spiro atoms. The molecule has 0 aromatic carbocycles. The van der Waals surface area contributed by atoms with E-state index in [0.29, 0.717) is 0 Å². The van der Waals surface area contributed by atoms with Crippen LogP contribution in [-0.4, -0.2) is 9.97 Å². The zero-order valence-electron chi connectivity index (χ0n) is 6.20. The van der Waals surface area contributed by atoms with Gasteiger partial charge in [0.05, 0.1) is 5.92 Å². The number of rotatable bonds is 3. The molecule has 11 heavy (non-hydrogen) atoms. The number of H-pyrrole nitrogens is 1. The summed E-state index contributed by atoms with van der Waals surface area (Å²) in [5, 5.41) is 0. The van der Waals surface area contributed by atoms with Crippen LogP contribution in [0.4, 0.5) is 0 Å². The molecule has 0 aliphatic rings. The number of nitrogens with one attached hydrogen (secondary N) is 1. The van der Waals surface area contributed by atoms with Crippen molar-refractivity contribution in [1.29, 1.82) is 0 Å². The summed E-state index contributed by atoms with van der Waals surface area (Å²) in [7, 11) is 0. The van der Waals surface area contributed by atoms with Crippen molar-refractivity contribution in [2.45, 2.75) is 5.92 Å². The Morgan fingerprint density at radius 2 is 2.55 bits per heavy atom. The van der Waals surface area contributed by atoms with Gasteiger partial charge in [0.1, 0.15) is 5.82 Å². The van der Waals surface area contributed by atoms with E-state index in [9.17, 15) is 0 Å². The fourth-order valence-electron chi connectivity index (χ4n) is 0.861. The Balaban J connectivity index is 2.79. The van der Waals surface area contributed by atoms with Gasteiger partial charge in [-0.15, -0.1) is 6.58 Å². The Labute approximate surface area is 65.6 Å². The molecule has 1 atom stereocenters. The van der Waals surface area contributed by atoms with Crippen LogP contribution in [0.1, 0.15) is 11.7 Å². The lowest BCUT2D eigenvalue weighted by Crippen LogP contribution is -1.94.